The molecule has 4 nitrogen and oxygen atoms in total. The van der Waals surface area contributed by atoms with Crippen molar-refractivity contribution >= 4 is 35.2 Å². The van der Waals surface area contributed by atoms with Crippen LogP contribution in [-0.2, 0) is 4.79 Å². The second-order valence-electron chi connectivity index (χ2n) is 3.64. The van der Waals surface area contributed by atoms with Crippen molar-refractivity contribution in [3.05, 3.63) is 52.3 Å². The molecule has 0 saturated carbocycles. The maximum absolute atomic E-state index is 10.4. The zero-order chi connectivity index (χ0) is 13.8. The molecule has 0 bridgehead atoms. The van der Waals surface area contributed by atoms with Crippen LogP contribution in [0.4, 0.5) is 0 Å². The summed E-state index contributed by atoms with van der Waals surface area (Å²) in [4.78, 5) is 18.7. The third kappa shape index (κ3) is 3.53. The van der Waals surface area contributed by atoms with Crippen molar-refractivity contribution in [2.75, 3.05) is 0 Å². The van der Waals surface area contributed by atoms with E-state index in [4.69, 9.17) is 28.3 Å². The summed E-state index contributed by atoms with van der Waals surface area (Å²) in [5.41, 5.74) is 1.34. The van der Waals surface area contributed by atoms with Crippen LogP contribution in [-0.4, -0.2) is 21.0 Å². The van der Waals surface area contributed by atoms with Gasteiger partial charge in [0.05, 0.1) is 10.0 Å². The normalized spacial score (nSPS) is 10.8. The molecule has 0 spiro atoms. The van der Waals surface area contributed by atoms with Gasteiger partial charge in [-0.1, -0.05) is 23.2 Å². The molecule has 6 heteroatoms. The molecule has 19 heavy (non-hydrogen) atoms. The van der Waals surface area contributed by atoms with Crippen molar-refractivity contribution in [1.82, 2.24) is 9.97 Å². The molecular formula is C13H8Cl2N2O2. The summed E-state index contributed by atoms with van der Waals surface area (Å²) in [5.74, 6) is -0.528. The smallest absolute Gasteiger partial charge is 0.328 e. The topological polar surface area (TPSA) is 63.1 Å². The van der Waals surface area contributed by atoms with Crippen LogP contribution in [0.25, 0.3) is 17.5 Å². The summed E-state index contributed by atoms with van der Waals surface area (Å²) in [6, 6.07) is 5.10. The minimum absolute atomic E-state index is 0.428. The van der Waals surface area contributed by atoms with Crippen molar-refractivity contribution < 1.29 is 9.90 Å². The van der Waals surface area contributed by atoms with Crippen LogP contribution in [0.1, 0.15) is 5.56 Å². The van der Waals surface area contributed by atoms with E-state index in [1.807, 2.05) is 0 Å². The SMILES string of the molecule is O=C(O)C=Cc1cnc(-c2ccc(Cl)c(Cl)c2)nc1. The molecule has 0 atom stereocenters. The van der Waals surface area contributed by atoms with Gasteiger partial charge in [0.1, 0.15) is 0 Å². The highest BCUT2D eigenvalue weighted by molar-refractivity contribution is 6.42. The zero-order valence-corrected chi connectivity index (χ0v) is 11.1. The van der Waals surface area contributed by atoms with E-state index in [-0.39, 0.29) is 0 Å². The van der Waals surface area contributed by atoms with Gasteiger partial charge in [-0.25, -0.2) is 14.8 Å². The second kappa shape index (κ2) is 5.82. The first-order valence-electron chi connectivity index (χ1n) is 5.25. The summed E-state index contributed by atoms with van der Waals surface area (Å²) in [7, 11) is 0. The number of aromatic nitrogens is 2. The number of halogens is 2. The lowest BCUT2D eigenvalue weighted by atomic mass is 10.2. The van der Waals surface area contributed by atoms with Gasteiger partial charge in [0.25, 0.3) is 0 Å². The van der Waals surface area contributed by atoms with Crippen LogP contribution in [0.2, 0.25) is 10.0 Å². The number of carboxylic acids is 1. The largest absolute Gasteiger partial charge is 0.478 e. The average Bonchev–Trinajstić information content (AvgIpc) is 2.40. The van der Waals surface area contributed by atoms with Gasteiger partial charge < -0.3 is 5.11 Å². The molecule has 0 unspecified atom stereocenters. The molecule has 1 N–H and O–H groups in total. The number of nitrogens with zero attached hydrogens (tertiary/aromatic N) is 2. The maximum atomic E-state index is 10.4. The Bertz CT molecular complexity index is 640. The Hall–Kier alpha value is -1.91. The van der Waals surface area contributed by atoms with Crippen molar-refractivity contribution in [2.45, 2.75) is 0 Å². The van der Waals surface area contributed by atoms with Crippen LogP contribution in [0.3, 0.4) is 0 Å². The highest BCUT2D eigenvalue weighted by Gasteiger charge is 2.04. The lowest BCUT2D eigenvalue weighted by molar-refractivity contribution is -0.131. The lowest BCUT2D eigenvalue weighted by Crippen LogP contribution is -1.90. The Kier molecular flexibility index (Phi) is 4.14. The fourth-order valence-electron chi connectivity index (χ4n) is 1.38. The Morgan fingerprint density at radius 3 is 2.42 bits per heavy atom. The van der Waals surface area contributed by atoms with Gasteiger partial charge in [-0.05, 0) is 24.3 Å². The van der Waals surface area contributed by atoms with Gasteiger partial charge >= 0.3 is 5.97 Å². The average molecular weight is 295 g/mol. The Balaban J connectivity index is 2.27. The first kappa shape index (κ1) is 13.5. The summed E-state index contributed by atoms with van der Waals surface area (Å²) in [6.07, 6.45) is 5.51. The van der Waals surface area contributed by atoms with Gasteiger partial charge in [-0.3, -0.25) is 0 Å². The van der Waals surface area contributed by atoms with Crippen molar-refractivity contribution in [3.8, 4) is 11.4 Å². The van der Waals surface area contributed by atoms with Crippen LogP contribution in [0.5, 0.6) is 0 Å². The molecule has 0 saturated heterocycles. The van der Waals surface area contributed by atoms with Crippen molar-refractivity contribution in [1.29, 1.82) is 0 Å². The molecular weight excluding hydrogens is 287 g/mol. The Labute approximate surface area is 119 Å². The van der Waals surface area contributed by atoms with E-state index in [2.05, 4.69) is 9.97 Å². The molecule has 1 heterocycles. The second-order valence-corrected chi connectivity index (χ2v) is 4.45. The molecule has 0 fully saturated rings. The van der Waals surface area contributed by atoms with Crippen molar-refractivity contribution in [3.63, 3.8) is 0 Å². The molecule has 2 rings (SSSR count). The first-order valence-corrected chi connectivity index (χ1v) is 6.00. The van der Waals surface area contributed by atoms with E-state index in [0.29, 0.717) is 21.4 Å². The first-order chi connectivity index (χ1) is 9.06. The number of aliphatic carboxylic acids is 1. The number of carbonyl (C=O) groups is 1. The standard InChI is InChI=1S/C13H8Cl2N2O2/c14-10-3-2-9(5-11(10)15)13-16-6-8(7-17-13)1-4-12(18)19/h1-7H,(H,18,19). The predicted octanol–water partition coefficient (Wildman–Crippen LogP) is 3.55. The van der Waals surface area contributed by atoms with Gasteiger partial charge in [0.2, 0.25) is 0 Å². The van der Waals surface area contributed by atoms with Crippen LogP contribution >= 0.6 is 23.2 Å². The number of hydrogen-bond donors (Lipinski definition) is 1. The molecule has 1 aromatic heterocycles. The summed E-state index contributed by atoms with van der Waals surface area (Å²) < 4.78 is 0. The summed E-state index contributed by atoms with van der Waals surface area (Å²) in [5, 5.41) is 9.40. The van der Waals surface area contributed by atoms with E-state index in [9.17, 15) is 4.79 Å². The fourth-order valence-corrected chi connectivity index (χ4v) is 1.67. The highest BCUT2D eigenvalue weighted by atomic mass is 35.5. The quantitative estimate of drug-likeness (QED) is 0.880. The lowest BCUT2D eigenvalue weighted by Gasteiger charge is -2.02. The number of carboxylic acid groups (broad SMARTS) is 1. The van der Waals surface area contributed by atoms with Crippen LogP contribution < -0.4 is 0 Å². The molecule has 0 radical (unpaired) electrons. The van der Waals surface area contributed by atoms with E-state index >= 15 is 0 Å². The molecule has 1 aromatic carbocycles. The molecule has 0 aliphatic carbocycles. The number of hydrogen-bond acceptors (Lipinski definition) is 3. The predicted molar refractivity (Wildman–Crippen MR) is 74.2 cm³/mol. The van der Waals surface area contributed by atoms with Gasteiger partial charge in [0.15, 0.2) is 5.82 Å². The Morgan fingerprint density at radius 1 is 1.16 bits per heavy atom. The third-order valence-corrected chi connectivity index (χ3v) is 3.01. The minimum atomic E-state index is -1.02. The van der Waals surface area contributed by atoms with Crippen LogP contribution in [0, 0.1) is 0 Å². The monoisotopic (exact) mass is 294 g/mol. The van der Waals surface area contributed by atoms with Gasteiger partial charge in [-0.2, -0.15) is 0 Å². The van der Waals surface area contributed by atoms with Gasteiger partial charge in [0, 0.05) is 29.6 Å². The van der Waals surface area contributed by atoms with E-state index < -0.39 is 5.97 Å². The zero-order valence-electron chi connectivity index (χ0n) is 9.55. The van der Waals surface area contributed by atoms with Crippen molar-refractivity contribution in [2.24, 2.45) is 0 Å². The number of rotatable bonds is 3. The molecule has 0 amide bonds. The minimum Gasteiger partial charge on any atom is -0.478 e. The molecule has 0 aliphatic heterocycles. The molecule has 96 valence electrons. The van der Waals surface area contributed by atoms with E-state index in [1.165, 1.54) is 18.5 Å². The molecule has 2 aromatic rings. The van der Waals surface area contributed by atoms with Crippen LogP contribution in [0.15, 0.2) is 36.7 Å². The Morgan fingerprint density at radius 2 is 1.84 bits per heavy atom. The summed E-state index contributed by atoms with van der Waals surface area (Å²) >= 11 is 11.7. The number of benzene rings is 1. The summed E-state index contributed by atoms with van der Waals surface area (Å²) in [6.45, 7) is 0. The fraction of sp³-hybridized carbons (Fsp3) is 0. The van der Waals surface area contributed by atoms with Gasteiger partial charge in [-0.15, -0.1) is 0 Å². The highest BCUT2D eigenvalue weighted by Crippen LogP contribution is 2.26. The molecule has 0 aliphatic rings. The third-order valence-electron chi connectivity index (χ3n) is 2.27. The maximum Gasteiger partial charge on any atom is 0.328 e. The van der Waals surface area contributed by atoms with E-state index in [0.717, 1.165) is 11.6 Å². The van der Waals surface area contributed by atoms with E-state index in [1.54, 1.807) is 18.2 Å².